The van der Waals surface area contributed by atoms with Crippen LogP contribution >= 0.6 is 0 Å². The topological polar surface area (TPSA) is 106 Å². The van der Waals surface area contributed by atoms with Crippen molar-refractivity contribution >= 4 is 16.0 Å². The zero-order valence-corrected chi connectivity index (χ0v) is 11.8. The Balaban J connectivity index is 2.19. The number of carboxylic acids is 1. The lowest BCUT2D eigenvalue weighted by molar-refractivity contribution is 0.0537. The van der Waals surface area contributed by atoms with Gasteiger partial charge in [0.1, 0.15) is 0 Å². The van der Waals surface area contributed by atoms with Crippen LogP contribution in [0, 0.1) is 0 Å². The van der Waals surface area contributed by atoms with Crippen LogP contribution in [0.25, 0.3) is 0 Å². The lowest BCUT2D eigenvalue weighted by Crippen LogP contribution is -2.49. The maximum atomic E-state index is 12.2. The van der Waals surface area contributed by atoms with Crippen LogP contribution in [0.1, 0.15) is 30.1 Å². The molecule has 1 aliphatic rings. The molecule has 2 rings (SSSR count). The van der Waals surface area contributed by atoms with E-state index in [2.05, 4.69) is 9.71 Å². The molecule has 0 aliphatic carbocycles. The Hall–Kier alpha value is -1.51. The fourth-order valence-electron chi connectivity index (χ4n) is 1.97. The summed E-state index contributed by atoms with van der Waals surface area (Å²) in [4.78, 5) is 14.4. The van der Waals surface area contributed by atoms with E-state index in [4.69, 9.17) is 9.84 Å². The summed E-state index contributed by atoms with van der Waals surface area (Å²) >= 11 is 0. The van der Waals surface area contributed by atoms with Gasteiger partial charge in [-0.25, -0.2) is 22.9 Å². The number of pyridine rings is 1. The summed E-state index contributed by atoms with van der Waals surface area (Å²) in [5.74, 6) is -1.15. The van der Waals surface area contributed by atoms with Crippen LogP contribution in [0.2, 0.25) is 0 Å². The molecule has 2 N–H and O–H groups in total. The number of ether oxygens (including phenoxy) is 1. The molecule has 0 saturated carbocycles. The molecule has 2 heterocycles. The third-order valence-corrected chi connectivity index (χ3v) is 4.79. The van der Waals surface area contributed by atoms with Crippen molar-refractivity contribution in [2.24, 2.45) is 0 Å². The van der Waals surface area contributed by atoms with Gasteiger partial charge in [-0.3, -0.25) is 0 Å². The lowest BCUT2D eigenvalue weighted by Gasteiger charge is -2.33. The van der Waals surface area contributed by atoms with E-state index in [0.717, 1.165) is 6.20 Å². The van der Waals surface area contributed by atoms with Crippen molar-refractivity contribution in [3.63, 3.8) is 0 Å². The predicted molar refractivity (Wildman–Crippen MR) is 70.0 cm³/mol. The van der Waals surface area contributed by atoms with Gasteiger partial charge in [-0.2, -0.15) is 0 Å². The van der Waals surface area contributed by atoms with E-state index in [0.29, 0.717) is 26.1 Å². The average Bonchev–Trinajstić information content (AvgIpc) is 2.38. The highest BCUT2D eigenvalue weighted by Crippen LogP contribution is 2.22. The first kappa shape index (κ1) is 14.9. The Morgan fingerprint density at radius 1 is 1.40 bits per heavy atom. The third kappa shape index (κ3) is 3.33. The summed E-state index contributed by atoms with van der Waals surface area (Å²) in [6.45, 7) is 2.83. The summed E-state index contributed by atoms with van der Waals surface area (Å²) < 4.78 is 32.3. The average molecular weight is 300 g/mol. The lowest BCUT2D eigenvalue weighted by atomic mass is 9.94. The first-order chi connectivity index (χ1) is 9.32. The SMILES string of the molecule is CC1(NS(=O)(=O)c2ccc(C(=O)O)cn2)CCOCC1. The number of sulfonamides is 1. The van der Waals surface area contributed by atoms with Crippen LogP contribution in [0.3, 0.4) is 0 Å². The number of aromatic nitrogens is 1. The van der Waals surface area contributed by atoms with Crippen LogP contribution in [-0.2, 0) is 14.8 Å². The smallest absolute Gasteiger partial charge is 0.337 e. The van der Waals surface area contributed by atoms with Gasteiger partial charge in [0.2, 0.25) is 0 Å². The minimum absolute atomic E-state index is 0.0544. The number of nitrogens with one attached hydrogen (secondary N) is 1. The van der Waals surface area contributed by atoms with E-state index in [1.165, 1.54) is 12.1 Å². The molecule has 1 aromatic heterocycles. The Morgan fingerprint density at radius 3 is 2.55 bits per heavy atom. The van der Waals surface area contributed by atoms with E-state index < -0.39 is 21.5 Å². The van der Waals surface area contributed by atoms with Crippen LogP contribution < -0.4 is 4.72 Å². The van der Waals surface area contributed by atoms with Crippen LogP contribution in [0.15, 0.2) is 23.4 Å². The molecule has 1 aliphatic heterocycles. The monoisotopic (exact) mass is 300 g/mol. The zero-order valence-electron chi connectivity index (χ0n) is 11.0. The molecule has 110 valence electrons. The molecule has 1 saturated heterocycles. The summed E-state index contributed by atoms with van der Waals surface area (Å²) in [6, 6.07) is 2.41. The fourth-order valence-corrected chi connectivity index (χ4v) is 3.36. The Bertz CT molecular complexity index is 591. The first-order valence-corrected chi connectivity index (χ1v) is 7.62. The van der Waals surface area contributed by atoms with Crippen LogP contribution in [0.5, 0.6) is 0 Å². The van der Waals surface area contributed by atoms with E-state index in [1.54, 1.807) is 0 Å². The maximum Gasteiger partial charge on any atom is 0.337 e. The van der Waals surface area contributed by atoms with Gasteiger partial charge >= 0.3 is 5.97 Å². The molecule has 0 unspecified atom stereocenters. The van der Waals surface area contributed by atoms with Crippen molar-refractivity contribution in [1.82, 2.24) is 9.71 Å². The second-order valence-corrected chi connectivity index (χ2v) is 6.60. The molecule has 1 aromatic rings. The van der Waals surface area contributed by atoms with Gasteiger partial charge in [0.25, 0.3) is 10.0 Å². The summed E-state index contributed by atoms with van der Waals surface area (Å²) in [5, 5.41) is 8.58. The number of hydrogen-bond donors (Lipinski definition) is 2. The van der Waals surface area contributed by atoms with Gasteiger partial charge in [-0.1, -0.05) is 0 Å². The number of rotatable bonds is 4. The number of nitrogens with zero attached hydrogens (tertiary/aromatic N) is 1. The molecule has 0 amide bonds. The maximum absolute atomic E-state index is 12.2. The van der Waals surface area contributed by atoms with E-state index >= 15 is 0 Å². The van der Waals surface area contributed by atoms with E-state index in [-0.39, 0.29) is 10.6 Å². The summed E-state index contributed by atoms with van der Waals surface area (Å²) in [7, 11) is -3.77. The van der Waals surface area contributed by atoms with E-state index in [1.807, 2.05) is 6.92 Å². The van der Waals surface area contributed by atoms with Crippen LogP contribution in [-0.4, -0.2) is 43.2 Å². The summed E-state index contributed by atoms with van der Waals surface area (Å²) in [6.07, 6.45) is 2.20. The highest BCUT2D eigenvalue weighted by atomic mass is 32.2. The molecule has 0 radical (unpaired) electrons. The molecular weight excluding hydrogens is 284 g/mol. The molecule has 0 aromatic carbocycles. The van der Waals surface area contributed by atoms with Crippen molar-refractivity contribution in [2.75, 3.05) is 13.2 Å². The largest absolute Gasteiger partial charge is 0.478 e. The second-order valence-electron chi connectivity index (χ2n) is 4.97. The highest BCUT2D eigenvalue weighted by molar-refractivity contribution is 7.89. The second kappa shape index (κ2) is 5.47. The normalized spacial score (nSPS) is 18.6. The van der Waals surface area contributed by atoms with Gasteiger partial charge in [-0.15, -0.1) is 0 Å². The van der Waals surface area contributed by atoms with Crippen molar-refractivity contribution in [3.05, 3.63) is 23.9 Å². The van der Waals surface area contributed by atoms with Crippen molar-refractivity contribution in [2.45, 2.75) is 30.3 Å². The van der Waals surface area contributed by atoms with E-state index in [9.17, 15) is 13.2 Å². The van der Waals surface area contributed by atoms with Gasteiger partial charge in [-0.05, 0) is 31.9 Å². The molecular formula is C12H16N2O5S. The molecule has 0 atom stereocenters. The quantitative estimate of drug-likeness (QED) is 0.844. The zero-order chi connectivity index (χ0) is 14.8. The minimum atomic E-state index is -3.77. The highest BCUT2D eigenvalue weighted by Gasteiger charge is 2.33. The number of aromatic carboxylic acids is 1. The number of carbonyl (C=O) groups is 1. The Kier molecular flexibility index (Phi) is 4.07. The van der Waals surface area contributed by atoms with Gasteiger partial charge in [0.05, 0.1) is 5.56 Å². The first-order valence-electron chi connectivity index (χ1n) is 6.13. The molecule has 7 nitrogen and oxygen atoms in total. The van der Waals surface area contributed by atoms with Gasteiger partial charge in [0, 0.05) is 24.9 Å². The standard InChI is InChI=1S/C12H16N2O5S/c1-12(4-6-19-7-5-12)14-20(17,18)10-3-2-9(8-13-10)11(15)16/h2-3,8,14H,4-7H2,1H3,(H,15,16). The Labute approximate surface area is 117 Å². The molecule has 8 heteroatoms. The number of carboxylic acid groups (broad SMARTS) is 1. The fraction of sp³-hybridized carbons (Fsp3) is 0.500. The van der Waals surface area contributed by atoms with Crippen molar-refractivity contribution in [3.8, 4) is 0 Å². The summed E-state index contributed by atoms with van der Waals surface area (Å²) in [5.41, 5.74) is -0.620. The van der Waals surface area contributed by atoms with Crippen molar-refractivity contribution < 1.29 is 23.1 Å². The molecule has 0 bridgehead atoms. The Morgan fingerprint density at radius 2 is 2.05 bits per heavy atom. The molecule has 1 fully saturated rings. The predicted octanol–water partition coefficient (Wildman–Crippen LogP) is 0.627. The van der Waals surface area contributed by atoms with Gasteiger partial charge in [0.15, 0.2) is 5.03 Å². The minimum Gasteiger partial charge on any atom is -0.478 e. The van der Waals surface area contributed by atoms with Crippen LogP contribution in [0.4, 0.5) is 0 Å². The van der Waals surface area contributed by atoms with Gasteiger partial charge < -0.3 is 9.84 Å². The molecule has 0 spiro atoms. The molecule has 20 heavy (non-hydrogen) atoms. The van der Waals surface area contributed by atoms with Crippen molar-refractivity contribution in [1.29, 1.82) is 0 Å². The number of hydrogen-bond acceptors (Lipinski definition) is 5. The third-order valence-electron chi connectivity index (χ3n) is 3.24.